The number of halogens is 5. The van der Waals surface area contributed by atoms with Gasteiger partial charge in [0.1, 0.15) is 12.4 Å². The van der Waals surface area contributed by atoms with Crippen molar-refractivity contribution in [2.75, 3.05) is 12.4 Å². The largest absolute Gasteiger partial charge is 0.425 e. The van der Waals surface area contributed by atoms with Gasteiger partial charge in [-0.3, -0.25) is 4.79 Å². The molecular weight excluding hydrogens is 556 g/mol. The van der Waals surface area contributed by atoms with Crippen LogP contribution >= 0.6 is 15.9 Å². The number of hydrogen-bond donors (Lipinski definition) is 4. The second-order valence-corrected chi connectivity index (χ2v) is 9.21. The molecule has 192 valence electrons. The van der Waals surface area contributed by atoms with E-state index >= 15 is 0 Å². The van der Waals surface area contributed by atoms with Crippen molar-refractivity contribution in [3.63, 3.8) is 0 Å². The Hall–Kier alpha value is -3.70. The van der Waals surface area contributed by atoms with Gasteiger partial charge in [0.05, 0.1) is 5.52 Å². The van der Waals surface area contributed by atoms with Gasteiger partial charge in [-0.1, -0.05) is 28.1 Å². The van der Waals surface area contributed by atoms with Crippen molar-refractivity contribution in [2.24, 2.45) is 0 Å². The lowest BCUT2D eigenvalue weighted by atomic mass is 9.84. The molecule has 4 N–H and O–H groups in total. The standard InChI is InChI=1S/C26H21BrF4N4O2/c1-33-24(36)14-35-13-21(20-8-3-17(27)11-23(20)35)25(37,26(29,30)31)16-2-9-22(15(10-16)12-32)34-19-6-4-18(28)5-7-19/h2-13,32,34,37H,14H2,1H3,(H,33,36). The fourth-order valence-electron chi connectivity index (χ4n) is 4.10. The first-order valence-corrected chi connectivity index (χ1v) is 11.7. The second kappa shape index (κ2) is 9.98. The molecule has 0 radical (unpaired) electrons. The Morgan fingerprint density at radius 2 is 1.81 bits per heavy atom. The van der Waals surface area contributed by atoms with Crippen molar-refractivity contribution >= 4 is 50.3 Å². The summed E-state index contributed by atoms with van der Waals surface area (Å²) in [5, 5.41) is 24.7. The zero-order chi connectivity index (χ0) is 27.0. The van der Waals surface area contributed by atoms with Crippen LogP contribution < -0.4 is 10.6 Å². The lowest BCUT2D eigenvalue weighted by Gasteiger charge is -2.31. The molecule has 1 atom stereocenters. The molecule has 1 aromatic heterocycles. The monoisotopic (exact) mass is 576 g/mol. The van der Waals surface area contributed by atoms with Crippen LogP contribution in [0.15, 0.2) is 71.3 Å². The van der Waals surface area contributed by atoms with Crippen molar-refractivity contribution in [3.8, 4) is 0 Å². The highest BCUT2D eigenvalue weighted by Gasteiger charge is 2.57. The van der Waals surface area contributed by atoms with Gasteiger partial charge in [-0.05, 0) is 54.1 Å². The molecule has 0 saturated heterocycles. The number of alkyl halides is 3. The van der Waals surface area contributed by atoms with Crippen LogP contribution in [-0.2, 0) is 16.9 Å². The summed E-state index contributed by atoms with van der Waals surface area (Å²) >= 11 is 3.30. The molecule has 1 unspecified atom stereocenters. The summed E-state index contributed by atoms with van der Waals surface area (Å²) in [6, 6.07) is 13.4. The quantitative estimate of drug-likeness (QED) is 0.165. The number of carbonyl (C=O) groups is 1. The normalized spacial score (nSPS) is 13.3. The van der Waals surface area contributed by atoms with Gasteiger partial charge < -0.3 is 25.7 Å². The van der Waals surface area contributed by atoms with E-state index in [1.54, 1.807) is 12.1 Å². The highest BCUT2D eigenvalue weighted by atomic mass is 79.9. The van der Waals surface area contributed by atoms with E-state index in [1.807, 2.05) is 0 Å². The number of hydrogen-bond acceptors (Lipinski definition) is 4. The van der Waals surface area contributed by atoms with Gasteiger partial charge in [-0.2, -0.15) is 13.2 Å². The fraction of sp³-hybridized carbons (Fsp3) is 0.154. The highest BCUT2D eigenvalue weighted by Crippen LogP contribution is 2.48. The fourth-order valence-corrected chi connectivity index (χ4v) is 4.45. The number of nitrogens with one attached hydrogen (secondary N) is 3. The Morgan fingerprint density at radius 1 is 1.11 bits per heavy atom. The summed E-state index contributed by atoms with van der Waals surface area (Å²) in [5.41, 5.74) is -3.28. The van der Waals surface area contributed by atoms with Crippen LogP contribution in [0.3, 0.4) is 0 Å². The van der Waals surface area contributed by atoms with Crippen LogP contribution in [0, 0.1) is 11.2 Å². The molecule has 4 rings (SSSR count). The molecule has 0 aliphatic rings. The zero-order valence-electron chi connectivity index (χ0n) is 19.3. The topological polar surface area (TPSA) is 90.1 Å². The van der Waals surface area contributed by atoms with Crippen LogP contribution in [-0.4, -0.2) is 35.0 Å². The molecule has 0 saturated carbocycles. The van der Waals surface area contributed by atoms with Gasteiger partial charge in [-0.25, -0.2) is 4.39 Å². The number of anilines is 2. The zero-order valence-corrected chi connectivity index (χ0v) is 20.9. The summed E-state index contributed by atoms with van der Waals surface area (Å²) in [7, 11) is 1.41. The SMILES string of the molecule is CNC(=O)Cn1cc(C(O)(c2ccc(Nc3ccc(F)cc3)c(C=N)c2)C(F)(F)F)c2ccc(Br)cc21. The van der Waals surface area contributed by atoms with Crippen LogP contribution in [0.25, 0.3) is 10.9 Å². The van der Waals surface area contributed by atoms with Crippen LogP contribution in [0.4, 0.5) is 28.9 Å². The highest BCUT2D eigenvalue weighted by molar-refractivity contribution is 9.10. The molecule has 37 heavy (non-hydrogen) atoms. The Labute approximate surface area is 217 Å². The first-order chi connectivity index (χ1) is 17.5. The molecule has 0 spiro atoms. The van der Waals surface area contributed by atoms with Crippen molar-refractivity contribution in [2.45, 2.75) is 18.3 Å². The van der Waals surface area contributed by atoms with E-state index in [-0.39, 0.29) is 17.5 Å². The number of carbonyl (C=O) groups excluding carboxylic acids is 1. The lowest BCUT2D eigenvalue weighted by Crippen LogP contribution is -2.43. The van der Waals surface area contributed by atoms with Crippen molar-refractivity contribution in [1.82, 2.24) is 9.88 Å². The molecule has 0 aliphatic carbocycles. The predicted octanol–water partition coefficient (Wildman–Crippen LogP) is 5.83. The first kappa shape index (κ1) is 26.4. The number of nitrogens with zero attached hydrogens (tertiary/aromatic N) is 1. The summed E-state index contributed by atoms with van der Waals surface area (Å²) in [5.74, 6) is -0.882. The third kappa shape index (κ3) is 4.96. The van der Waals surface area contributed by atoms with E-state index < -0.39 is 34.6 Å². The molecular formula is C26H21BrF4N4O2. The minimum absolute atomic E-state index is 0.0707. The number of benzene rings is 3. The summed E-state index contributed by atoms with van der Waals surface area (Å²) in [6.07, 6.45) is -3.18. The molecule has 6 nitrogen and oxygen atoms in total. The van der Waals surface area contributed by atoms with E-state index in [4.69, 9.17) is 5.41 Å². The van der Waals surface area contributed by atoms with Gasteiger partial charge >= 0.3 is 6.18 Å². The third-order valence-electron chi connectivity index (χ3n) is 5.99. The first-order valence-electron chi connectivity index (χ1n) is 10.9. The summed E-state index contributed by atoms with van der Waals surface area (Å²) in [6.45, 7) is -0.260. The van der Waals surface area contributed by atoms with E-state index in [2.05, 4.69) is 26.6 Å². The van der Waals surface area contributed by atoms with Crippen LogP contribution in [0.1, 0.15) is 16.7 Å². The minimum atomic E-state index is -5.16. The Morgan fingerprint density at radius 3 is 2.43 bits per heavy atom. The van der Waals surface area contributed by atoms with Gasteiger partial charge in [0, 0.05) is 51.8 Å². The van der Waals surface area contributed by atoms with Crippen LogP contribution in [0.2, 0.25) is 0 Å². The molecule has 0 aliphatic heterocycles. The smallest absolute Gasteiger partial charge is 0.372 e. The van der Waals surface area contributed by atoms with Crippen molar-refractivity contribution < 1.29 is 27.5 Å². The van der Waals surface area contributed by atoms with Gasteiger partial charge in [0.15, 0.2) is 0 Å². The van der Waals surface area contributed by atoms with Gasteiger partial charge in [0.2, 0.25) is 11.5 Å². The van der Waals surface area contributed by atoms with Gasteiger partial charge in [-0.15, -0.1) is 0 Å². The maximum atomic E-state index is 14.7. The average molecular weight is 577 g/mol. The van der Waals surface area contributed by atoms with E-state index in [9.17, 15) is 27.5 Å². The molecule has 0 bridgehead atoms. The number of rotatable bonds is 7. The van der Waals surface area contributed by atoms with Crippen LogP contribution in [0.5, 0.6) is 0 Å². The predicted molar refractivity (Wildman–Crippen MR) is 137 cm³/mol. The maximum absolute atomic E-state index is 14.7. The molecule has 0 fully saturated rings. The lowest BCUT2D eigenvalue weighted by molar-refractivity contribution is -0.247. The van der Waals surface area contributed by atoms with Crippen molar-refractivity contribution in [1.29, 1.82) is 5.41 Å². The van der Waals surface area contributed by atoms with E-state index in [1.165, 1.54) is 48.0 Å². The summed E-state index contributed by atoms with van der Waals surface area (Å²) < 4.78 is 59.2. The van der Waals surface area contributed by atoms with Gasteiger partial charge in [0.25, 0.3) is 0 Å². The number of aliphatic hydroxyl groups is 1. The number of fused-ring (bicyclic) bond motifs is 1. The van der Waals surface area contributed by atoms with E-state index in [0.717, 1.165) is 24.5 Å². The number of likely N-dealkylation sites (N-methyl/N-ethyl adjacent to an activating group) is 1. The molecule has 4 aromatic rings. The number of amides is 1. The second-order valence-electron chi connectivity index (χ2n) is 8.29. The van der Waals surface area contributed by atoms with E-state index in [0.29, 0.717) is 21.4 Å². The molecule has 3 aromatic carbocycles. The maximum Gasteiger partial charge on any atom is 0.425 e. The molecule has 1 heterocycles. The third-order valence-corrected chi connectivity index (χ3v) is 6.48. The number of aromatic nitrogens is 1. The minimum Gasteiger partial charge on any atom is -0.372 e. The molecule has 11 heteroatoms. The Balaban J connectivity index is 1.88. The van der Waals surface area contributed by atoms with Crippen molar-refractivity contribution in [3.05, 3.63) is 93.8 Å². The Bertz CT molecular complexity index is 1480. The molecule has 1 amide bonds. The Kier molecular flexibility index (Phi) is 7.11. The average Bonchev–Trinajstić information content (AvgIpc) is 3.21. The summed E-state index contributed by atoms with van der Waals surface area (Å²) in [4.78, 5) is 12.0.